The molecule has 0 heterocycles. The molecule has 0 spiro atoms. The number of aliphatic hydroxyl groups is 1. The summed E-state index contributed by atoms with van der Waals surface area (Å²) < 4.78 is 4.90. The van der Waals surface area contributed by atoms with E-state index in [1.54, 1.807) is 6.08 Å². The first-order chi connectivity index (χ1) is 11.8. The molecular weight excluding hydrogens is 316 g/mol. The zero-order valence-corrected chi connectivity index (χ0v) is 15.6. The van der Waals surface area contributed by atoms with Crippen LogP contribution in [0.2, 0.25) is 0 Å². The molecule has 4 nitrogen and oxygen atoms in total. The van der Waals surface area contributed by atoms with Crippen molar-refractivity contribution in [2.75, 3.05) is 7.11 Å². The molecule has 1 unspecified atom stereocenters. The Hall–Kier alpha value is -1.16. The van der Waals surface area contributed by atoms with E-state index in [0.717, 1.165) is 38.5 Å². The van der Waals surface area contributed by atoms with Crippen LogP contribution in [-0.4, -0.2) is 30.1 Å². The van der Waals surface area contributed by atoms with Crippen LogP contribution in [0, 0.1) is 34.5 Å². The predicted molar refractivity (Wildman–Crippen MR) is 93.6 cm³/mol. The summed E-state index contributed by atoms with van der Waals surface area (Å²) in [6.45, 7) is 4.55. The van der Waals surface area contributed by atoms with Gasteiger partial charge in [0.1, 0.15) is 5.92 Å². The van der Waals surface area contributed by atoms with E-state index in [1.165, 1.54) is 12.7 Å². The molecule has 4 aliphatic rings. The fourth-order valence-electron chi connectivity index (χ4n) is 6.96. The number of carbonyl (C=O) groups is 2. The van der Waals surface area contributed by atoms with Gasteiger partial charge in [0.05, 0.1) is 13.2 Å². The molecule has 4 rings (SSSR count). The monoisotopic (exact) mass is 346 g/mol. The lowest BCUT2D eigenvalue weighted by molar-refractivity contribution is -0.152. The highest BCUT2D eigenvalue weighted by Gasteiger charge is 2.59. The second-order valence-electron chi connectivity index (χ2n) is 9.32. The largest absolute Gasteiger partial charge is 0.468 e. The minimum absolute atomic E-state index is 0.0605. The van der Waals surface area contributed by atoms with E-state index in [0.29, 0.717) is 24.2 Å². The zero-order valence-electron chi connectivity index (χ0n) is 15.6. The number of rotatable bonds is 1. The van der Waals surface area contributed by atoms with Crippen molar-refractivity contribution in [3.05, 3.63) is 11.6 Å². The van der Waals surface area contributed by atoms with Gasteiger partial charge in [-0.05, 0) is 79.6 Å². The summed E-state index contributed by atoms with van der Waals surface area (Å²) in [6.07, 6.45) is 8.45. The Kier molecular flexibility index (Phi) is 3.91. The highest BCUT2D eigenvalue weighted by molar-refractivity contribution is 6.06. The molecule has 25 heavy (non-hydrogen) atoms. The fraction of sp³-hybridized carbons (Fsp3) is 0.810. The van der Waals surface area contributed by atoms with Gasteiger partial charge in [-0.25, -0.2) is 0 Å². The average Bonchev–Trinajstić information content (AvgIpc) is 2.89. The highest BCUT2D eigenvalue weighted by atomic mass is 16.5. The second kappa shape index (κ2) is 5.67. The summed E-state index contributed by atoms with van der Waals surface area (Å²) in [5.74, 6) is 0.588. The summed E-state index contributed by atoms with van der Waals surface area (Å²) in [7, 11) is 1.37. The lowest BCUT2D eigenvalue weighted by atomic mass is 9.46. The maximum Gasteiger partial charge on any atom is 0.316 e. The molecule has 0 aliphatic heterocycles. The predicted octanol–water partition coefficient (Wildman–Crippen LogP) is 3.28. The third-order valence-electron chi connectivity index (χ3n) is 8.46. The van der Waals surface area contributed by atoms with Gasteiger partial charge in [-0.1, -0.05) is 19.4 Å². The lowest BCUT2D eigenvalue weighted by Crippen LogP contribution is -2.52. The maximum atomic E-state index is 12.4. The number of esters is 1. The van der Waals surface area contributed by atoms with Crippen LogP contribution in [0.3, 0.4) is 0 Å². The topological polar surface area (TPSA) is 63.6 Å². The van der Waals surface area contributed by atoms with Gasteiger partial charge in [-0.3, -0.25) is 9.59 Å². The molecule has 1 N–H and O–H groups in total. The standard InChI is InChI=1S/C21H30O4/c1-20-9-8-16-13(15(20)6-7-18(20)23)5-4-12-10-17(22)14(19(24)25-3)11-21(12,16)2/h10,13-16,18,23H,4-9,11H2,1-3H3/t13-,14?,15-,16-,18-,20-,21-/m0/s1. The molecule has 138 valence electrons. The number of carbonyl (C=O) groups excluding carboxylic acids is 2. The van der Waals surface area contributed by atoms with E-state index in [9.17, 15) is 14.7 Å². The quantitative estimate of drug-likeness (QED) is 0.585. The van der Waals surface area contributed by atoms with Gasteiger partial charge < -0.3 is 9.84 Å². The molecule has 0 aromatic carbocycles. The Morgan fingerprint density at radius 3 is 2.68 bits per heavy atom. The van der Waals surface area contributed by atoms with Crippen molar-refractivity contribution in [2.24, 2.45) is 34.5 Å². The molecule has 3 fully saturated rings. The van der Waals surface area contributed by atoms with Crippen molar-refractivity contribution in [3.63, 3.8) is 0 Å². The van der Waals surface area contributed by atoms with Crippen LogP contribution >= 0.6 is 0 Å². The molecule has 3 saturated carbocycles. The smallest absolute Gasteiger partial charge is 0.316 e. The minimum Gasteiger partial charge on any atom is -0.468 e. The summed E-state index contributed by atoms with van der Waals surface area (Å²) in [5, 5.41) is 10.5. The van der Waals surface area contributed by atoms with Crippen molar-refractivity contribution in [2.45, 2.75) is 64.9 Å². The second-order valence-corrected chi connectivity index (χ2v) is 9.32. The first-order valence-corrected chi connectivity index (χ1v) is 9.82. The van der Waals surface area contributed by atoms with Gasteiger partial charge in [-0.2, -0.15) is 0 Å². The Morgan fingerprint density at radius 2 is 1.96 bits per heavy atom. The van der Waals surface area contributed by atoms with Crippen LogP contribution in [0.4, 0.5) is 0 Å². The number of ketones is 1. The molecule has 4 heteroatoms. The average molecular weight is 346 g/mol. The van der Waals surface area contributed by atoms with E-state index in [4.69, 9.17) is 4.74 Å². The van der Waals surface area contributed by atoms with Crippen molar-refractivity contribution >= 4 is 11.8 Å². The number of aliphatic hydroxyl groups excluding tert-OH is 1. The van der Waals surface area contributed by atoms with E-state index < -0.39 is 5.92 Å². The normalized spacial score (nSPS) is 48.9. The summed E-state index contributed by atoms with van der Waals surface area (Å²) in [4.78, 5) is 24.5. The molecule has 0 radical (unpaired) electrons. The maximum absolute atomic E-state index is 12.4. The van der Waals surface area contributed by atoms with Gasteiger partial charge >= 0.3 is 5.97 Å². The lowest BCUT2D eigenvalue weighted by Gasteiger charge is -2.58. The Balaban J connectivity index is 1.68. The van der Waals surface area contributed by atoms with Gasteiger partial charge in [0.15, 0.2) is 5.78 Å². The number of hydrogen-bond acceptors (Lipinski definition) is 4. The Labute approximate surface area is 150 Å². The summed E-state index contributed by atoms with van der Waals surface area (Å²) in [6, 6.07) is 0. The van der Waals surface area contributed by atoms with Crippen LogP contribution in [-0.2, 0) is 14.3 Å². The summed E-state index contributed by atoms with van der Waals surface area (Å²) in [5.41, 5.74) is 1.23. The molecule has 4 aliphatic carbocycles. The molecular formula is C21H30O4. The van der Waals surface area contributed by atoms with Crippen molar-refractivity contribution in [1.29, 1.82) is 0 Å². The van der Waals surface area contributed by atoms with Gasteiger partial charge in [0, 0.05) is 0 Å². The SMILES string of the molecule is COC(=O)C1C[C@@]2(C)C(=CC1=O)CC[C@H]1[C@@H]3CC[C@H](O)[C@@]3(C)CC[C@@H]12. The number of allylic oxidation sites excluding steroid dienone is 1. The Bertz CT molecular complexity index is 638. The minimum atomic E-state index is -0.639. The zero-order chi connectivity index (χ0) is 18.0. The number of ether oxygens (including phenoxy) is 1. The van der Waals surface area contributed by atoms with Crippen LogP contribution in [0.25, 0.3) is 0 Å². The van der Waals surface area contributed by atoms with Crippen LogP contribution in [0.5, 0.6) is 0 Å². The first-order valence-electron chi connectivity index (χ1n) is 9.82. The van der Waals surface area contributed by atoms with E-state index in [1.807, 2.05) is 0 Å². The van der Waals surface area contributed by atoms with Crippen LogP contribution in [0.15, 0.2) is 11.6 Å². The van der Waals surface area contributed by atoms with E-state index >= 15 is 0 Å². The molecule has 0 bridgehead atoms. The fourth-order valence-corrected chi connectivity index (χ4v) is 6.96. The third kappa shape index (κ3) is 2.29. The van der Waals surface area contributed by atoms with Crippen molar-refractivity contribution in [1.82, 2.24) is 0 Å². The molecule has 0 saturated heterocycles. The van der Waals surface area contributed by atoms with Gasteiger partial charge in [0.2, 0.25) is 0 Å². The van der Waals surface area contributed by atoms with Gasteiger partial charge in [0.25, 0.3) is 0 Å². The van der Waals surface area contributed by atoms with Crippen LogP contribution < -0.4 is 0 Å². The number of fused-ring (bicyclic) bond motifs is 5. The summed E-state index contributed by atoms with van der Waals surface area (Å²) >= 11 is 0. The molecule has 0 aromatic rings. The molecule has 0 amide bonds. The van der Waals surface area contributed by atoms with Crippen molar-refractivity contribution < 1.29 is 19.4 Å². The van der Waals surface area contributed by atoms with Crippen LogP contribution in [0.1, 0.15) is 58.8 Å². The first kappa shape index (κ1) is 17.3. The number of methoxy groups -OCH3 is 1. The van der Waals surface area contributed by atoms with Crippen molar-refractivity contribution in [3.8, 4) is 0 Å². The molecule has 0 aromatic heterocycles. The highest BCUT2D eigenvalue weighted by Crippen LogP contribution is 2.65. The third-order valence-corrected chi connectivity index (χ3v) is 8.46. The molecule has 7 atom stereocenters. The van der Waals surface area contributed by atoms with E-state index in [2.05, 4.69) is 13.8 Å². The van der Waals surface area contributed by atoms with Gasteiger partial charge in [-0.15, -0.1) is 0 Å². The Morgan fingerprint density at radius 1 is 1.20 bits per heavy atom. The number of hydrogen-bond donors (Lipinski definition) is 1. The van der Waals surface area contributed by atoms with E-state index in [-0.39, 0.29) is 28.7 Å².